The summed E-state index contributed by atoms with van der Waals surface area (Å²) in [6, 6.07) is -0.364. The van der Waals surface area contributed by atoms with Gasteiger partial charge in [0.05, 0.1) is 19.1 Å². The van der Waals surface area contributed by atoms with Crippen LogP contribution in [-0.4, -0.2) is 35.4 Å². The SMILES string of the molecule is CCOC(=O)C1=NC(CC(=O)O)C2=C1CCCC2. The number of carboxylic acids is 1. The summed E-state index contributed by atoms with van der Waals surface area (Å²) < 4.78 is 4.98. The van der Waals surface area contributed by atoms with Gasteiger partial charge in [-0.05, 0) is 43.8 Å². The third-order valence-electron chi connectivity index (χ3n) is 3.32. The molecule has 2 rings (SSSR count). The zero-order valence-electron chi connectivity index (χ0n) is 10.4. The molecule has 0 aromatic rings. The topological polar surface area (TPSA) is 76.0 Å². The van der Waals surface area contributed by atoms with Crippen LogP contribution in [0.2, 0.25) is 0 Å². The molecule has 0 aromatic carbocycles. The second-order valence-electron chi connectivity index (χ2n) is 4.52. The van der Waals surface area contributed by atoms with Crippen LogP contribution in [0, 0.1) is 0 Å². The molecule has 0 saturated carbocycles. The molecule has 0 aromatic heterocycles. The van der Waals surface area contributed by atoms with E-state index in [1.54, 1.807) is 6.92 Å². The van der Waals surface area contributed by atoms with Gasteiger partial charge in [-0.25, -0.2) is 4.79 Å². The number of esters is 1. The Morgan fingerprint density at radius 3 is 2.78 bits per heavy atom. The monoisotopic (exact) mass is 251 g/mol. The standard InChI is InChI=1S/C13H17NO4/c1-2-18-13(17)12-9-6-4-3-5-8(9)10(14-12)7-11(15)16/h10H,2-7H2,1H3,(H,15,16). The fraction of sp³-hybridized carbons (Fsp3) is 0.615. The van der Waals surface area contributed by atoms with E-state index in [9.17, 15) is 9.59 Å². The highest BCUT2D eigenvalue weighted by Crippen LogP contribution is 2.35. The highest BCUT2D eigenvalue weighted by molar-refractivity contribution is 6.44. The molecule has 1 N–H and O–H groups in total. The van der Waals surface area contributed by atoms with Crippen molar-refractivity contribution in [3.8, 4) is 0 Å². The largest absolute Gasteiger partial charge is 0.481 e. The summed E-state index contributed by atoms with van der Waals surface area (Å²) in [6.07, 6.45) is 3.68. The minimum absolute atomic E-state index is 0.0399. The molecule has 1 unspecified atom stereocenters. The average molecular weight is 251 g/mol. The first-order valence-electron chi connectivity index (χ1n) is 6.32. The Balaban J connectivity index is 2.25. The Hall–Kier alpha value is -1.65. The minimum Gasteiger partial charge on any atom is -0.481 e. The van der Waals surface area contributed by atoms with Crippen LogP contribution in [0.25, 0.3) is 0 Å². The lowest BCUT2D eigenvalue weighted by atomic mass is 9.87. The van der Waals surface area contributed by atoms with E-state index < -0.39 is 11.9 Å². The quantitative estimate of drug-likeness (QED) is 0.772. The van der Waals surface area contributed by atoms with Crippen LogP contribution in [0.4, 0.5) is 0 Å². The molecule has 0 bridgehead atoms. The Kier molecular flexibility index (Phi) is 3.79. The van der Waals surface area contributed by atoms with Crippen LogP contribution in [-0.2, 0) is 14.3 Å². The molecule has 0 amide bonds. The lowest BCUT2D eigenvalue weighted by Gasteiger charge is -2.17. The molecule has 5 heteroatoms. The van der Waals surface area contributed by atoms with E-state index in [1.165, 1.54) is 0 Å². The van der Waals surface area contributed by atoms with Gasteiger partial charge in [0.25, 0.3) is 0 Å². The third-order valence-corrected chi connectivity index (χ3v) is 3.32. The summed E-state index contributed by atoms with van der Waals surface area (Å²) in [7, 11) is 0. The number of aliphatic imine (C=N–C) groups is 1. The van der Waals surface area contributed by atoms with Crippen LogP contribution in [0.3, 0.4) is 0 Å². The number of aliphatic carboxylic acids is 1. The molecular weight excluding hydrogens is 234 g/mol. The number of ether oxygens (including phenoxy) is 1. The highest BCUT2D eigenvalue weighted by Gasteiger charge is 2.34. The highest BCUT2D eigenvalue weighted by atomic mass is 16.5. The first-order valence-corrected chi connectivity index (χ1v) is 6.32. The van der Waals surface area contributed by atoms with Gasteiger partial charge in [-0.1, -0.05) is 0 Å². The van der Waals surface area contributed by atoms with Gasteiger partial charge in [0.2, 0.25) is 0 Å². The van der Waals surface area contributed by atoms with Crippen molar-refractivity contribution in [2.24, 2.45) is 4.99 Å². The molecule has 98 valence electrons. The van der Waals surface area contributed by atoms with Crippen molar-refractivity contribution in [3.05, 3.63) is 11.1 Å². The average Bonchev–Trinajstić information content (AvgIpc) is 2.68. The van der Waals surface area contributed by atoms with Gasteiger partial charge in [0.1, 0.15) is 5.71 Å². The predicted molar refractivity (Wildman–Crippen MR) is 65.6 cm³/mol. The van der Waals surface area contributed by atoms with E-state index in [-0.39, 0.29) is 12.5 Å². The summed E-state index contributed by atoms with van der Waals surface area (Å²) in [5.74, 6) is -1.30. The molecule has 0 saturated heterocycles. The van der Waals surface area contributed by atoms with E-state index in [1.807, 2.05) is 0 Å². The smallest absolute Gasteiger partial charge is 0.356 e. The zero-order valence-corrected chi connectivity index (χ0v) is 10.4. The molecule has 1 aliphatic carbocycles. The van der Waals surface area contributed by atoms with Gasteiger partial charge < -0.3 is 9.84 Å². The summed E-state index contributed by atoms with van der Waals surface area (Å²) in [5.41, 5.74) is 2.33. The molecule has 1 aliphatic heterocycles. The van der Waals surface area contributed by atoms with Gasteiger partial charge in [0, 0.05) is 0 Å². The molecule has 5 nitrogen and oxygen atoms in total. The molecule has 1 atom stereocenters. The van der Waals surface area contributed by atoms with Crippen molar-refractivity contribution < 1.29 is 19.4 Å². The number of hydrogen-bond acceptors (Lipinski definition) is 4. The van der Waals surface area contributed by atoms with E-state index >= 15 is 0 Å². The maximum atomic E-state index is 11.8. The number of rotatable bonds is 4. The van der Waals surface area contributed by atoms with Crippen molar-refractivity contribution >= 4 is 17.7 Å². The Morgan fingerprint density at radius 1 is 1.39 bits per heavy atom. The maximum Gasteiger partial charge on any atom is 0.356 e. The van der Waals surface area contributed by atoms with Crippen molar-refractivity contribution in [2.75, 3.05) is 6.61 Å². The number of carbonyl (C=O) groups is 2. The molecule has 0 radical (unpaired) electrons. The van der Waals surface area contributed by atoms with Gasteiger partial charge >= 0.3 is 11.9 Å². The zero-order chi connectivity index (χ0) is 13.1. The van der Waals surface area contributed by atoms with Crippen molar-refractivity contribution in [1.29, 1.82) is 0 Å². The number of carboxylic acid groups (broad SMARTS) is 1. The lowest BCUT2D eigenvalue weighted by Crippen LogP contribution is -2.19. The Labute approximate surface area is 106 Å². The minimum atomic E-state index is -0.883. The van der Waals surface area contributed by atoms with E-state index in [2.05, 4.69) is 4.99 Å². The van der Waals surface area contributed by atoms with Crippen LogP contribution in [0.1, 0.15) is 39.0 Å². The fourth-order valence-corrected chi connectivity index (χ4v) is 2.59. The van der Waals surface area contributed by atoms with Crippen LogP contribution >= 0.6 is 0 Å². The maximum absolute atomic E-state index is 11.8. The predicted octanol–water partition coefficient (Wildman–Crippen LogP) is 1.72. The van der Waals surface area contributed by atoms with Crippen LogP contribution in [0.15, 0.2) is 16.1 Å². The summed E-state index contributed by atoms with van der Waals surface area (Å²) >= 11 is 0. The normalized spacial score (nSPS) is 22.5. The Bertz CT molecular complexity index is 436. The fourth-order valence-electron chi connectivity index (χ4n) is 2.59. The lowest BCUT2D eigenvalue weighted by molar-refractivity contribution is -0.137. The van der Waals surface area contributed by atoms with Crippen molar-refractivity contribution in [3.63, 3.8) is 0 Å². The summed E-state index contributed by atoms with van der Waals surface area (Å²) in [4.78, 5) is 26.9. The van der Waals surface area contributed by atoms with E-state index in [0.717, 1.165) is 36.8 Å². The summed E-state index contributed by atoms with van der Waals surface area (Å²) in [5, 5.41) is 8.88. The number of nitrogens with zero attached hydrogens (tertiary/aromatic N) is 1. The first-order chi connectivity index (χ1) is 8.63. The second-order valence-corrected chi connectivity index (χ2v) is 4.52. The molecule has 0 fully saturated rings. The molecule has 1 heterocycles. The first kappa shape index (κ1) is 12.8. The van der Waals surface area contributed by atoms with Crippen molar-refractivity contribution in [2.45, 2.75) is 45.1 Å². The molecule has 2 aliphatic rings. The van der Waals surface area contributed by atoms with Crippen LogP contribution in [0.5, 0.6) is 0 Å². The Morgan fingerprint density at radius 2 is 2.11 bits per heavy atom. The van der Waals surface area contributed by atoms with Gasteiger partial charge in [-0.15, -0.1) is 0 Å². The second kappa shape index (κ2) is 5.33. The number of hydrogen-bond donors (Lipinski definition) is 1. The van der Waals surface area contributed by atoms with Gasteiger partial charge in [-0.2, -0.15) is 0 Å². The van der Waals surface area contributed by atoms with Gasteiger partial charge in [0.15, 0.2) is 0 Å². The molecule has 18 heavy (non-hydrogen) atoms. The van der Waals surface area contributed by atoms with E-state index in [0.29, 0.717) is 12.3 Å². The summed E-state index contributed by atoms with van der Waals surface area (Å²) in [6.45, 7) is 2.06. The third kappa shape index (κ3) is 2.44. The van der Waals surface area contributed by atoms with Crippen LogP contribution < -0.4 is 0 Å². The van der Waals surface area contributed by atoms with Gasteiger partial charge in [-0.3, -0.25) is 9.79 Å². The number of carbonyl (C=O) groups excluding carboxylic acids is 1. The molecular formula is C13H17NO4. The molecule has 0 spiro atoms. The van der Waals surface area contributed by atoms with Crippen molar-refractivity contribution in [1.82, 2.24) is 0 Å². The van der Waals surface area contributed by atoms with E-state index in [4.69, 9.17) is 9.84 Å².